The van der Waals surface area contributed by atoms with Crippen molar-refractivity contribution in [1.29, 1.82) is 0 Å². The lowest BCUT2D eigenvalue weighted by molar-refractivity contribution is -0.125. The van der Waals surface area contributed by atoms with Crippen molar-refractivity contribution in [3.8, 4) is 0 Å². The summed E-state index contributed by atoms with van der Waals surface area (Å²) in [4.78, 5) is 24.9. The molecule has 4 nitrogen and oxygen atoms in total. The monoisotopic (exact) mass is 250 g/mol. The molecule has 1 aliphatic heterocycles. The molecule has 18 heavy (non-hydrogen) atoms. The highest BCUT2D eigenvalue weighted by Gasteiger charge is 2.25. The second-order valence-corrected chi connectivity index (χ2v) is 4.31. The number of nitrogens with two attached hydrogens (primary N) is 1. The summed E-state index contributed by atoms with van der Waals surface area (Å²) in [7, 11) is 0. The van der Waals surface area contributed by atoms with E-state index in [0.29, 0.717) is 36.9 Å². The maximum atomic E-state index is 13.3. The summed E-state index contributed by atoms with van der Waals surface area (Å²) in [6.07, 6.45) is 2.13. The molecule has 0 aromatic heterocycles. The molecule has 0 aliphatic carbocycles. The van der Waals surface area contributed by atoms with Gasteiger partial charge in [0.25, 0.3) is 0 Å². The zero-order valence-electron chi connectivity index (χ0n) is 9.99. The Morgan fingerprint density at radius 2 is 1.78 bits per heavy atom. The Morgan fingerprint density at radius 3 is 2.33 bits per heavy atom. The van der Waals surface area contributed by atoms with Crippen molar-refractivity contribution in [2.75, 3.05) is 4.90 Å². The number of hydrogen-bond acceptors (Lipinski definition) is 3. The van der Waals surface area contributed by atoms with E-state index in [1.54, 1.807) is 0 Å². The highest BCUT2D eigenvalue weighted by molar-refractivity contribution is 6.15. The lowest BCUT2D eigenvalue weighted by Gasteiger charge is -2.19. The van der Waals surface area contributed by atoms with Crippen molar-refractivity contribution in [3.63, 3.8) is 0 Å². The Balaban J connectivity index is 2.39. The second-order valence-electron chi connectivity index (χ2n) is 4.31. The van der Waals surface area contributed by atoms with E-state index in [9.17, 15) is 14.0 Å². The van der Waals surface area contributed by atoms with Gasteiger partial charge in [0.15, 0.2) is 0 Å². The Morgan fingerprint density at radius 1 is 1.17 bits per heavy atom. The van der Waals surface area contributed by atoms with E-state index in [2.05, 4.69) is 0 Å². The third-order valence-corrected chi connectivity index (χ3v) is 3.04. The number of imide groups is 1. The Hall–Kier alpha value is -1.75. The standard InChI is InChI=1S/C13H15FN2O2/c14-11-6-5-10(7-9(11)8-15)16-12(17)3-1-2-4-13(16)18/h5-7H,1-4,8,15H2. The van der Waals surface area contributed by atoms with Crippen LogP contribution in [-0.2, 0) is 16.1 Å². The van der Waals surface area contributed by atoms with Crippen LogP contribution in [0.4, 0.5) is 10.1 Å². The van der Waals surface area contributed by atoms with Crippen LogP contribution in [0.1, 0.15) is 31.2 Å². The summed E-state index contributed by atoms with van der Waals surface area (Å²) in [5.41, 5.74) is 6.13. The van der Waals surface area contributed by atoms with Gasteiger partial charge in [0, 0.05) is 24.9 Å². The predicted octanol–water partition coefficient (Wildman–Crippen LogP) is 1.72. The third-order valence-electron chi connectivity index (χ3n) is 3.04. The average Bonchev–Trinajstić information content (AvgIpc) is 2.52. The van der Waals surface area contributed by atoms with Crippen molar-refractivity contribution in [2.24, 2.45) is 5.73 Å². The molecular weight excluding hydrogens is 235 g/mol. The van der Waals surface area contributed by atoms with Crippen LogP contribution in [0.5, 0.6) is 0 Å². The quantitative estimate of drug-likeness (QED) is 0.813. The Kier molecular flexibility index (Phi) is 3.72. The third kappa shape index (κ3) is 2.41. The van der Waals surface area contributed by atoms with Gasteiger partial charge >= 0.3 is 0 Å². The van der Waals surface area contributed by atoms with E-state index >= 15 is 0 Å². The fraction of sp³-hybridized carbons (Fsp3) is 0.385. The number of rotatable bonds is 2. The SMILES string of the molecule is NCc1cc(N2C(=O)CCCCC2=O)ccc1F. The molecule has 1 heterocycles. The molecule has 1 aromatic carbocycles. The molecule has 96 valence electrons. The maximum absolute atomic E-state index is 13.3. The van der Waals surface area contributed by atoms with Gasteiger partial charge in [-0.2, -0.15) is 0 Å². The van der Waals surface area contributed by atoms with E-state index in [1.165, 1.54) is 18.2 Å². The molecule has 0 atom stereocenters. The van der Waals surface area contributed by atoms with Gasteiger partial charge in [-0.1, -0.05) is 0 Å². The minimum atomic E-state index is -0.420. The van der Waals surface area contributed by atoms with Crippen LogP contribution < -0.4 is 10.6 Å². The van der Waals surface area contributed by atoms with Crippen molar-refractivity contribution >= 4 is 17.5 Å². The van der Waals surface area contributed by atoms with Crippen molar-refractivity contribution in [1.82, 2.24) is 0 Å². The minimum absolute atomic E-state index is 0.0376. The van der Waals surface area contributed by atoms with Crippen molar-refractivity contribution in [3.05, 3.63) is 29.6 Å². The van der Waals surface area contributed by atoms with Crippen LogP contribution in [0, 0.1) is 5.82 Å². The van der Waals surface area contributed by atoms with Gasteiger partial charge in [0.05, 0.1) is 5.69 Å². The molecule has 0 saturated carbocycles. The fourth-order valence-corrected chi connectivity index (χ4v) is 2.06. The highest BCUT2D eigenvalue weighted by Crippen LogP contribution is 2.23. The zero-order valence-corrected chi connectivity index (χ0v) is 9.99. The first-order chi connectivity index (χ1) is 8.63. The number of benzene rings is 1. The molecule has 2 rings (SSSR count). The van der Waals surface area contributed by atoms with Gasteiger partial charge in [0.1, 0.15) is 5.82 Å². The number of hydrogen-bond donors (Lipinski definition) is 1. The molecule has 2 N–H and O–H groups in total. The predicted molar refractivity (Wildman–Crippen MR) is 65.3 cm³/mol. The van der Waals surface area contributed by atoms with E-state index < -0.39 is 5.82 Å². The summed E-state index contributed by atoms with van der Waals surface area (Å²) >= 11 is 0. The summed E-state index contributed by atoms with van der Waals surface area (Å²) in [6, 6.07) is 4.15. The Bertz CT molecular complexity index is 470. The van der Waals surface area contributed by atoms with Gasteiger partial charge in [0.2, 0.25) is 11.8 Å². The molecule has 1 aliphatic rings. The number of carbonyl (C=O) groups is 2. The van der Waals surface area contributed by atoms with Crippen LogP contribution in [-0.4, -0.2) is 11.8 Å². The molecule has 0 unspecified atom stereocenters. The van der Waals surface area contributed by atoms with Crippen molar-refractivity contribution < 1.29 is 14.0 Å². The van der Waals surface area contributed by atoms with Crippen LogP contribution in [0.2, 0.25) is 0 Å². The largest absolute Gasteiger partial charge is 0.326 e. The van der Waals surface area contributed by atoms with Crippen LogP contribution in [0.25, 0.3) is 0 Å². The second kappa shape index (κ2) is 5.27. The zero-order chi connectivity index (χ0) is 13.1. The molecule has 2 amide bonds. The molecule has 0 bridgehead atoms. The Labute approximate surface area is 105 Å². The smallest absolute Gasteiger partial charge is 0.233 e. The first-order valence-electron chi connectivity index (χ1n) is 5.97. The average molecular weight is 250 g/mol. The number of anilines is 1. The molecule has 1 aromatic rings. The number of carbonyl (C=O) groups excluding carboxylic acids is 2. The molecule has 0 radical (unpaired) electrons. The molecule has 5 heteroatoms. The summed E-state index contributed by atoms with van der Waals surface area (Å²) in [6.45, 7) is 0.0376. The number of nitrogens with zero attached hydrogens (tertiary/aromatic N) is 1. The summed E-state index contributed by atoms with van der Waals surface area (Å²) in [5, 5.41) is 0. The van der Waals surface area contributed by atoms with Crippen LogP contribution in [0.15, 0.2) is 18.2 Å². The van der Waals surface area contributed by atoms with Gasteiger partial charge in [-0.25, -0.2) is 4.39 Å². The minimum Gasteiger partial charge on any atom is -0.326 e. The number of amides is 2. The highest BCUT2D eigenvalue weighted by atomic mass is 19.1. The van der Waals surface area contributed by atoms with Gasteiger partial charge in [-0.05, 0) is 31.0 Å². The summed E-state index contributed by atoms with van der Waals surface area (Å²) < 4.78 is 13.3. The summed E-state index contributed by atoms with van der Waals surface area (Å²) in [5.74, 6) is -0.880. The van der Waals surface area contributed by atoms with Gasteiger partial charge in [-0.3, -0.25) is 14.5 Å². The maximum Gasteiger partial charge on any atom is 0.233 e. The van der Waals surface area contributed by atoms with Gasteiger partial charge in [-0.15, -0.1) is 0 Å². The van der Waals surface area contributed by atoms with Crippen LogP contribution >= 0.6 is 0 Å². The lowest BCUT2D eigenvalue weighted by atomic mass is 10.1. The first-order valence-corrected chi connectivity index (χ1v) is 5.97. The normalized spacial score (nSPS) is 16.9. The van der Waals surface area contributed by atoms with E-state index in [-0.39, 0.29) is 18.4 Å². The van der Waals surface area contributed by atoms with E-state index in [4.69, 9.17) is 5.73 Å². The lowest BCUT2D eigenvalue weighted by Crippen LogP contribution is -2.35. The molecule has 0 spiro atoms. The van der Waals surface area contributed by atoms with E-state index in [0.717, 1.165) is 4.90 Å². The topological polar surface area (TPSA) is 63.4 Å². The molecule has 1 fully saturated rings. The number of halogens is 1. The van der Waals surface area contributed by atoms with Crippen molar-refractivity contribution in [2.45, 2.75) is 32.2 Å². The molecular formula is C13H15FN2O2. The van der Waals surface area contributed by atoms with E-state index in [1.807, 2.05) is 0 Å². The van der Waals surface area contributed by atoms with Gasteiger partial charge < -0.3 is 5.73 Å². The molecule has 1 saturated heterocycles. The first kappa shape index (κ1) is 12.7. The fourth-order valence-electron chi connectivity index (χ4n) is 2.06. The van der Waals surface area contributed by atoms with Crippen LogP contribution in [0.3, 0.4) is 0 Å².